The number of anilines is 1. The summed E-state index contributed by atoms with van der Waals surface area (Å²) in [5.74, 6) is -0.250. The molecule has 0 amide bonds. The van der Waals surface area contributed by atoms with Crippen molar-refractivity contribution in [2.45, 2.75) is 19.4 Å². The highest BCUT2D eigenvalue weighted by molar-refractivity contribution is 5.74. The van der Waals surface area contributed by atoms with E-state index in [4.69, 9.17) is 20.7 Å². The second-order valence-electron chi connectivity index (χ2n) is 4.99. The van der Waals surface area contributed by atoms with Gasteiger partial charge < -0.3 is 20.6 Å². The molecule has 124 valence electrons. The molecule has 3 heterocycles. The highest BCUT2D eigenvalue weighted by Crippen LogP contribution is 2.15. The van der Waals surface area contributed by atoms with Crippen LogP contribution in [0.4, 0.5) is 5.95 Å². The summed E-state index contributed by atoms with van der Waals surface area (Å²) in [7, 11) is 0. The van der Waals surface area contributed by atoms with E-state index in [-0.39, 0.29) is 22.3 Å². The summed E-state index contributed by atoms with van der Waals surface area (Å²) in [5.41, 5.74) is 5.94. The van der Waals surface area contributed by atoms with Gasteiger partial charge in [0, 0.05) is 6.20 Å². The zero-order valence-electron chi connectivity index (χ0n) is 12.7. The predicted molar refractivity (Wildman–Crippen MR) is 83.3 cm³/mol. The Kier molecular flexibility index (Phi) is 3.86. The molecule has 10 nitrogen and oxygen atoms in total. The van der Waals surface area contributed by atoms with Crippen LogP contribution < -0.4 is 21.8 Å². The fourth-order valence-corrected chi connectivity index (χ4v) is 2.16. The van der Waals surface area contributed by atoms with Crippen molar-refractivity contribution >= 4 is 23.8 Å². The molecule has 0 aliphatic carbocycles. The molecule has 0 bridgehead atoms. The number of furan rings is 1. The van der Waals surface area contributed by atoms with Crippen LogP contribution in [0.25, 0.3) is 23.4 Å². The Labute approximate surface area is 135 Å². The molecule has 0 aliphatic rings. The summed E-state index contributed by atoms with van der Waals surface area (Å²) in [6.45, 7) is 1.74. The lowest BCUT2D eigenvalue weighted by atomic mass is 10.2. The Morgan fingerprint density at radius 1 is 1.58 bits per heavy atom. The van der Waals surface area contributed by atoms with Crippen molar-refractivity contribution in [3.05, 3.63) is 29.1 Å². The number of nitrogen functional groups attached to an aromatic ring is 1. The van der Waals surface area contributed by atoms with Gasteiger partial charge in [0.05, 0.1) is 11.5 Å². The number of nitrogens with zero attached hydrogens (tertiary/aromatic N) is 4. The van der Waals surface area contributed by atoms with Crippen LogP contribution in [0.1, 0.15) is 13.3 Å². The molecule has 10 heteroatoms. The molecule has 3 aromatic heterocycles. The first kappa shape index (κ1) is 15.5. The second-order valence-corrected chi connectivity index (χ2v) is 4.99. The third-order valence-electron chi connectivity index (χ3n) is 3.42. The first-order valence-electron chi connectivity index (χ1n) is 7.15. The molecule has 5 N–H and O–H groups in total. The second kappa shape index (κ2) is 5.99. The largest absolute Gasteiger partial charge is 0.480 e. The normalized spacial score (nSPS) is 13.3. The first-order valence-corrected chi connectivity index (χ1v) is 7.15. The van der Waals surface area contributed by atoms with E-state index in [0.717, 1.165) is 0 Å². The molecular formula is C14H15N7O3. The number of rotatable bonds is 5. The van der Waals surface area contributed by atoms with Crippen molar-refractivity contribution in [2.75, 3.05) is 5.73 Å². The van der Waals surface area contributed by atoms with Gasteiger partial charge in [-0.15, -0.1) is 5.10 Å². The minimum atomic E-state index is -0.988. The lowest BCUT2D eigenvalue weighted by Gasteiger charge is -2.08. The number of aromatic nitrogens is 4. The maximum atomic E-state index is 11.1. The zero-order chi connectivity index (χ0) is 17.3. The number of carboxylic acids is 1. The van der Waals surface area contributed by atoms with Crippen LogP contribution in [0.5, 0.6) is 0 Å². The minimum Gasteiger partial charge on any atom is -0.480 e. The highest BCUT2D eigenvalue weighted by atomic mass is 16.4. The molecule has 0 spiro atoms. The Morgan fingerprint density at radius 3 is 3.00 bits per heavy atom. The summed E-state index contributed by atoms with van der Waals surface area (Å²) in [5, 5.41) is 24.3. The molecule has 0 aromatic carbocycles. The van der Waals surface area contributed by atoms with E-state index in [0.29, 0.717) is 18.0 Å². The Balaban J connectivity index is 2.17. The van der Waals surface area contributed by atoms with Gasteiger partial charge in [-0.25, -0.2) is 9.78 Å². The summed E-state index contributed by atoms with van der Waals surface area (Å²) >= 11 is 0. The number of aliphatic carboxylic acids is 1. The number of carbonyl (C=O) groups is 1. The lowest BCUT2D eigenvalue weighted by molar-refractivity contribution is -0.139. The van der Waals surface area contributed by atoms with Crippen molar-refractivity contribution in [1.82, 2.24) is 24.9 Å². The lowest BCUT2D eigenvalue weighted by Crippen LogP contribution is -2.38. The summed E-state index contributed by atoms with van der Waals surface area (Å²) in [4.78, 5) is 19.3. The molecule has 0 aliphatic heterocycles. The maximum absolute atomic E-state index is 11.1. The standard InChI is InChI=1S/C14H15N7O3/c1-2-8(13(22)23)17-6-7-10(15)18-14(16)21-12(7)19-11(20-21)9-4-3-5-24-9/h3-6,8,17H,2H2,1H3,(H,22,23)(H3,15,16,18)/b7-6+. The van der Waals surface area contributed by atoms with E-state index >= 15 is 0 Å². The van der Waals surface area contributed by atoms with Crippen molar-refractivity contribution in [1.29, 1.82) is 5.41 Å². The van der Waals surface area contributed by atoms with Crippen molar-refractivity contribution in [3.63, 3.8) is 0 Å². The van der Waals surface area contributed by atoms with E-state index in [1.165, 1.54) is 17.0 Å². The molecule has 3 aromatic rings. The number of nitrogens with two attached hydrogens (primary N) is 1. The number of nitrogens with one attached hydrogen (secondary N) is 2. The van der Waals surface area contributed by atoms with Crippen LogP contribution >= 0.6 is 0 Å². The molecular weight excluding hydrogens is 314 g/mol. The van der Waals surface area contributed by atoms with Crippen LogP contribution in [-0.4, -0.2) is 36.7 Å². The number of carboxylic acid groups (broad SMARTS) is 1. The van der Waals surface area contributed by atoms with Crippen molar-refractivity contribution in [3.8, 4) is 11.6 Å². The average molecular weight is 329 g/mol. The van der Waals surface area contributed by atoms with E-state index in [2.05, 4.69) is 20.4 Å². The maximum Gasteiger partial charge on any atom is 0.326 e. The van der Waals surface area contributed by atoms with Gasteiger partial charge in [0.2, 0.25) is 11.8 Å². The van der Waals surface area contributed by atoms with Crippen LogP contribution in [0, 0.1) is 5.41 Å². The average Bonchev–Trinajstić information content (AvgIpc) is 3.19. The molecule has 0 saturated carbocycles. The number of fused-ring (bicyclic) bond motifs is 1. The Morgan fingerprint density at radius 2 is 2.38 bits per heavy atom. The van der Waals surface area contributed by atoms with Crippen LogP contribution in [0.2, 0.25) is 0 Å². The minimum absolute atomic E-state index is 0.00253. The fourth-order valence-electron chi connectivity index (χ4n) is 2.16. The molecule has 0 fully saturated rings. The fraction of sp³-hybridized carbons (Fsp3) is 0.214. The molecule has 0 radical (unpaired) electrons. The van der Waals surface area contributed by atoms with Crippen molar-refractivity contribution in [2.24, 2.45) is 0 Å². The van der Waals surface area contributed by atoms with E-state index in [9.17, 15) is 4.79 Å². The molecule has 0 saturated heterocycles. The van der Waals surface area contributed by atoms with E-state index in [1.54, 1.807) is 19.1 Å². The zero-order valence-corrected chi connectivity index (χ0v) is 12.7. The molecule has 1 unspecified atom stereocenters. The first-order chi connectivity index (χ1) is 11.5. The van der Waals surface area contributed by atoms with Crippen molar-refractivity contribution < 1.29 is 14.3 Å². The highest BCUT2D eigenvalue weighted by Gasteiger charge is 2.15. The van der Waals surface area contributed by atoms with Crippen LogP contribution in [0.15, 0.2) is 22.8 Å². The van der Waals surface area contributed by atoms with Gasteiger partial charge in [0.1, 0.15) is 6.04 Å². The van der Waals surface area contributed by atoms with Gasteiger partial charge in [-0.2, -0.15) is 9.50 Å². The van der Waals surface area contributed by atoms with Gasteiger partial charge in [-0.1, -0.05) is 6.92 Å². The van der Waals surface area contributed by atoms with Gasteiger partial charge in [-0.3, -0.25) is 5.41 Å². The molecule has 24 heavy (non-hydrogen) atoms. The smallest absolute Gasteiger partial charge is 0.326 e. The predicted octanol–water partition coefficient (Wildman–Crippen LogP) is -0.644. The Bertz CT molecular complexity index is 994. The monoisotopic (exact) mass is 329 g/mol. The quantitative estimate of drug-likeness (QED) is 0.481. The molecule has 1 atom stereocenters. The summed E-state index contributed by atoms with van der Waals surface area (Å²) in [6.07, 6.45) is 3.26. The number of hydrogen-bond donors (Lipinski definition) is 4. The number of hydrogen-bond acceptors (Lipinski definition) is 8. The Hall–Kier alpha value is -3.43. The van der Waals surface area contributed by atoms with E-state index < -0.39 is 12.0 Å². The van der Waals surface area contributed by atoms with Crippen LogP contribution in [0.3, 0.4) is 0 Å². The summed E-state index contributed by atoms with van der Waals surface area (Å²) in [6, 6.07) is 2.61. The van der Waals surface area contributed by atoms with Crippen LogP contribution in [-0.2, 0) is 4.79 Å². The third kappa shape index (κ3) is 2.64. The van der Waals surface area contributed by atoms with Gasteiger partial charge in [0.15, 0.2) is 16.9 Å². The topological polar surface area (TPSA) is 155 Å². The third-order valence-corrected chi connectivity index (χ3v) is 3.42. The SMILES string of the molecule is CCC(N/C=c1\c(=N)nc(N)n2nc(-c3ccco3)nc12)C(=O)O. The van der Waals surface area contributed by atoms with Gasteiger partial charge in [-0.05, 0) is 18.6 Å². The van der Waals surface area contributed by atoms with Gasteiger partial charge >= 0.3 is 5.97 Å². The summed E-state index contributed by atoms with van der Waals surface area (Å²) < 4.78 is 6.54. The molecule has 3 rings (SSSR count). The van der Waals surface area contributed by atoms with Gasteiger partial charge in [0.25, 0.3) is 0 Å². The van der Waals surface area contributed by atoms with E-state index in [1.807, 2.05) is 0 Å².